The van der Waals surface area contributed by atoms with E-state index in [1.54, 1.807) is 43.5 Å². The van der Waals surface area contributed by atoms with E-state index in [4.69, 9.17) is 14.2 Å². The Bertz CT molecular complexity index is 912. The fourth-order valence-electron chi connectivity index (χ4n) is 2.99. The number of methoxy groups -OCH3 is 1. The van der Waals surface area contributed by atoms with Gasteiger partial charge in [-0.25, -0.2) is 0 Å². The molecule has 2 aromatic rings. The van der Waals surface area contributed by atoms with Crippen LogP contribution >= 0.6 is 0 Å². The number of fused-ring (bicyclic) bond motifs is 1. The minimum Gasteiger partial charge on any atom is -0.497 e. The van der Waals surface area contributed by atoms with Crippen molar-refractivity contribution in [1.29, 1.82) is 0 Å². The molecular formula is C22H24N2O6. The molecule has 0 radical (unpaired) electrons. The summed E-state index contributed by atoms with van der Waals surface area (Å²) in [5.41, 5.74) is 1.39. The van der Waals surface area contributed by atoms with Gasteiger partial charge in [0.05, 0.1) is 25.8 Å². The molecule has 8 heteroatoms. The Labute approximate surface area is 174 Å². The van der Waals surface area contributed by atoms with Crippen LogP contribution in [0.4, 0.5) is 5.69 Å². The monoisotopic (exact) mass is 412 g/mol. The number of esters is 1. The van der Waals surface area contributed by atoms with Gasteiger partial charge in [0.15, 0.2) is 6.10 Å². The summed E-state index contributed by atoms with van der Waals surface area (Å²) in [5.74, 6) is -0.0883. The molecule has 0 saturated heterocycles. The highest BCUT2D eigenvalue weighted by Gasteiger charge is 2.27. The molecule has 0 spiro atoms. The molecule has 1 N–H and O–H groups in total. The van der Waals surface area contributed by atoms with Crippen LogP contribution in [-0.4, -0.2) is 44.1 Å². The van der Waals surface area contributed by atoms with Gasteiger partial charge in [0.25, 0.3) is 5.91 Å². The van der Waals surface area contributed by atoms with Crippen LogP contribution in [0.5, 0.6) is 11.5 Å². The van der Waals surface area contributed by atoms with E-state index in [2.05, 4.69) is 5.32 Å². The van der Waals surface area contributed by atoms with E-state index in [0.717, 1.165) is 11.3 Å². The number of carbonyl (C=O) groups is 3. The lowest BCUT2D eigenvalue weighted by atomic mass is 10.2. The number of hydrogen-bond acceptors (Lipinski definition) is 6. The Kier molecular flexibility index (Phi) is 6.90. The van der Waals surface area contributed by atoms with Crippen LogP contribution in [0.1, 0.15) is 18.9 Å². The number of nitrogens with zero attached hydrogens (tertiary/aromatic N) is 1. The van der Waals surface area contributed by atoms with Gasteiger partial charge in [0, 0.05) is 6.54 Å². The molecule has 0 bridgehead atoms. The van der Waals surface area contributed by atoms with E-state index in [0.29, 0.717) is 18.0 Å². The molecule has 1 atom stereocenters. The number of anilines is 1. The van der Waals surface area contributed by atoms with Crippen molar-refractivity contribution in [3.8, 4) is 11.5 Å². The van der Waals surface area contributed by atoms with Crippen LogP contribution < -0.4 is 19.7 Å². The first-order valence-corrected chi connectivity index (χ1v) is 9.60. The maximum absolute atomic E-state index is 12.4. The van der Waals surface area contributed by atoms with Gasteiger partial charge in [-0.3, -0.25) is 19.3 Å². The Hall–Kier alpha value is -3.55. The summed E-state index contributed by atoms with van der Waals surface area (Å²) in [5, 5.41) is 2.72. The molecule has 1 aliphatic heterocycles. The number of amides is 2. The molecule has 0 aromatic heterocycles. The van der Waals surface area contributed by atoms with Crippen molar-refractivity contribution >= 4 is 23.5 Å². The smallest absolute Gasteiger partial charge is 0.326 e. The van der Waals surface area contributed by atoms with Crippen LogP contribution in [-0.2, 0) is 25.7 Å². The van der Waals surface area contributed by atoms with Crippen molar-refractivity contribution in [2.45, 2.75) is 26.0 Å². The van der Waals surface area contributed by atoms with Gasteiger partial charge >= 0.3 is 5.97 Å². The predicted octanol–water partition coefficient (Wildman–Crippen LogP) is 2.06. The summed E-state index contributed by atoms with van der Waals surface area (Å²) < 4.78 is 15.9. The number of nitrogens with one attached hydrogen (secondary N) is 1. The van der Waals surface area contributed by atoms with Gasteiger partial charge in [-0.2, -0.15) is 0 Å². The zero-order chi connectivity index (χ0) is 21.5. The lowest BCUT2D eigenvalue weighted by molar-refractivity contribution is -0.153. The average Bonchev–Trinajstić information content (AvgIpc) is 2.91. The molecule has 0 saturated carbocycles. The molecule has 0 unspecified atom stereocenters. The maximum Gasteiger partial charge on any atom is 0.326 e. The van der Waals surface area contributed by atoms with E-state index >= 15 is 0 Å². The quantitative estimate of drug-likeness (QED) is 0.700. The fraction of sp³-hybridized carbons (Fsp3) is 0.318. The van der Waals surface area contributed by atoms with Gasteiger partial charge in [0.1, 0.15) is 18.0 Å². The molecule has 8 nitrogen and oxygen atoms in total. The van der Waals surface area contributed by atoms with Gasteiger partial charge in [-0.15, -0.1) is 0 Å². The first-order chi connectivity index (χ1) is 14.5. The molecule has 0 fully saturated rings. The van der Waals surface area contributed by atoms with Gasteiger partial charge < -0.3 is 19.5 Å². The van der Waals surface area contributed by atoms with Crippen molar-refractivity contribution in [2.24, 2.45) is 0 Å². The molecule has 2 aromatic carbocycles. The van der Waals surface area contributed by atoms with E-state index in [1.807, 2.05) is 12.1 Å². The Morgan fingerprint density at radius 3 is 2.63 bits per heavy atom. The SMILES string of the molecule is COc1ccc(CNC(=O)[C@@H](C)OC(=O)CN2C(=O)CCOc3ccccc32)cc1. The number of hydrogen-bond donors (Lipinski definition) is 1. The third-order valence-corrected chi connectivity index (χ3v) is 4.62. The largest absolute Gasteiger partial charge is 0.497 e. The number of ether oxygens (including phenoxy) is 3. The van der Waals surface area contributed by atoms with Crippen LogP contribution in [0.15, 0.2) is 48.5 Å². The van der Waals surface area contributed by atoms with Crippen LogP contribution in [0, 0.1) is 0 Å². The number of benzene rings is 2. The second-order valence-corrected chi connectivity index (χ2v) is 6.74. The summed E-state index contributed by atoms with van der Waals surface area (Å²) in [6, 6.07) is 14.3. The predicted molar refractivity (Wildman–Crippen MR) is 109 cm³/mol. The highest BCUT2D eigenvalue weighted by molar-refractivity contribution is 5.99. The van der Waals surface area contributed by atoms with Gasteiger partial charge in [-0.1, -0.05) is 24.3 Å². The molecule has 30 heavy (non-hydrogen) atoms. The average molecular weight is 412 g/mol. The normalized spacial score (nSPS) is 14.1. The molecule has 1 heterocycles. The summed E-state index contributed by atoms with van der Waals surface area (Å²) in [7, 11) is 1.58. The van der Waals surface area contributed by atoms with E-state index in [-0.39, 0.29) is 25.5 Å². The fourth-order valence-corrected chi connectivity index (χ4v) is 2.99. The van der Waals surface area contributed by atoms with E-state index < -0.39 is 18.0 Å². The number of para-hydroxylation sites is 2. The third kappa shape index (κ3) is 5.28. The zero-order valence-electron chi connectivity index (χ0n) is 16.9. The second-order valence-electron chi connectivity index (χ2n) is 6.74. The summed E-state index contributed by atoms with van der Waals surface area (Å²) in [4.78, 5) is 38.4. The Morgan fingerprint density at radius 1 is 1.17 bits per heavy atom. The summed E-state index contributed by atoms with van der Waals surface area (Å²) in [6.45, 7) is 1.73. The second kappa shape index (κ2) is 9.78. The molecule has 3 rings (SSSR count). The minimum absolute atomic E-state index is 0.153. The first kappa shape index (κ1) is 21.2. The molecule has 158 valence electrons. The van der Waals surface area contributed by atoms with Crippen LogP contribution in [0.2, 0.25) is 0 Å². The third-order valence-electron chi connectivity index (χ3n) is 4.62. The molecular weight excluding hydrogens is 388 g/mol. The standard InChI is InChI=1S/C22H24N2O6/c1-15(22(27)23-13-16-7-9-17(28-2)10-8-16)30-21(26)14-24-18-5-3-4-6-19(18)29-12-11-20(24)25/h3-10,15H,11-14H2,1-2H3,(H,23,27)/t15-/m1/s1. The topological polar surface area (TPSA) is 94.2 Å². The van der Waals surface area contributed by atoms with Crippen LogP contribution in [0.3, 0.4) is 0 Å². The highest BCUT2D eigenvalue weighted by Crippen LogP contribution is 2.30. The number of carbonyl (C=O) groups excluding carboxylic acids is 3. The lowest BCUT2D eigenvalue weighted by Gasteiger charge is -2.22. The highest BCUT2D eigenvalue weighted by atomic mass is 16.5. The van der Waals surface area contributed by atoms with Crippen molar-refractivity contribution < 1.29 is 28.6 Å². The Morgan fingerprint density at radius 2 is 1.90 bits per heavy atom. The van der Waals surface area contributed by atoms with E-state index in [9.17, 15) is 14.4 Å². The van der Waals surface area contributed by atoms with E-state index in [1.165, 1.54) is 11.8 Å². The van der Waals surface area contributed by atoms with Crippen LogP contribution in [0.25, 0.3) is 0 Å². The molecule has 1 aliphatic rings. The van der Waals surface area contributed by atoms with Crippen molar-refractivity contribution in [1.82, 2.24) is 5.32 Å². The van der Waals surface area contributed by atoms with Gasteiger partial charge in [-0.05, 0) is 36.8 Å². The van der Waals surface area contributed by atoms with Crippen molar-refractivity contribution in [2.75, 3.05) is 25.2 Å². The van der Waals surface area contributed by atoms with Crippen molar-refractivity contribution in [3.05, 3.63) is 54.1 Å². The Balaban J connectivity index is 1.54. The molecule has 0 aliphatic carbocycles. The van der Waals surface area contributed by atoms with Crippen molar-refractivity contribution in [3.63, 3.8) is 0 Å². The summed E-state index contributed by atoms with van der Waals surface area (Å²) in [6.07, 6.45) is -0.843. The zero-order valence-corrected chi connectivity index (χ0v) is 16.9. The maximum atomic E-state index is 12.4. The number of rotatable bonds is 7. The summed E-state index contributed by atoms with van der Waals surface area (Å²) >= 11 is 0. The van der Waals surface area contributed by atoms with Gasteiger partial charge in [0.2, 0.25) is 5.91 Å². The minimum atomic E-state index is -0.996. The first-order valence-electron chi connectivity index (χ1n) is 9.60. The molecule has 2 amide bonds. The lowest BCUT2D eigenvalue weighted by Crippen LogP contribution is -2.40.